The summed E-state index contributed by atoms with van der Waals surface area (Å²) in [5, 5.41) is 16.7. The fourth-order valence-electron chi connectivity index (χ4n) is 5.62. The summed E-state index contributed by atoms with van der Waals surface area (Å²) in [6, 6.07) is 16.7. The summed E-state index contributed by atoms with van der Waals surface area (Å²) in [5.74, 6) is -0.469. The van der Waals surface area contributed by atoms with Gasteiger partial charge in [-0.3, -0.25) is 24.4 Å². The SMILES string of the molecule is O=C1c2ccccc2C(=O)N1CCN1CCC[C@@H]1CN1C=C(Cc2ccc(Cl)cc2)c2ccncc2N1[O-]. The highest BCUT2D eigenvalue weighted by molar-refractivity contribution is 6.30. The molecule has 8 nitrogen and oxygen atoms in total. The number of rotatable bonds is 7. The van der Waals surface area contributed by atoms with Crippen molar-refractivity contribution in [1.29, 1.82) is 0 Å². The summed E-state index contributed by atoms with van der Waals surface area (Å²) in [7, 11) is 0. The van der Waals surface area contributed by atoms with E-state index in [-0.39, 0.29) is 17.9 Å². The number of hydrogen-bond donors (Lipinski definition) is 0. The van der Waals surface area contributed by atoms with Gasteiger partial charge in [-0.05, 0) is 67.3 Å². The largest absolute Gasteiger partial charge is 0.738 e. The smallest absolute Gasteiger partial charge is 0.261 e. The summed E-state index contributed by atoms with van der Waals surface area (Å²) in [4.78, 5) is 33.4. The van der Waals surface area contributed by atoms with Crippen LogP contribution in [0.4, 0.5) is 5.69 Å². The maximum Gasteiger partial charge on any atom is 0.261 e. The zero-order chi connectivity index (χ0) is 26.2. The van der Waals surface area contributed by atoms with Crippen LogP contribution in [-0.2, 0) is 6.42 Å². The average Bonchev–Trinajstić information content (AvgIpc) is 3.48. The molecule has 1 fully saturated rings. The Morgan fingerprint density at radius 3 is 2.42 bits per heavy atom. The molecule has 6 rings (SSSR count). The first-order chi connectivity index (χ1) is 18.5. The molecule has 0 radical (unpaired) electrons. The second kappa shape index (κ2) is 10.2. The van der Waals surface area contributed by atoms with Gasteiger partial charge in [-0.1, -0.05) is 35.9 Å². The quantitative estimate of drug-likeness (QED) is 0.414. The minimum absolute atomic E-state index is 0.118. The third-order valence-corrected chi connectivity index (χ3v) is 7.84. The van der Waals surface area contributed by atoms with Gasteiger partial charge in [0.05, 0.1) is 29.6 Å². The van der Waals surface area contributed by atoms with Gasteiger partial charge in [0, 0.05) is 42.1 Å². The van der Waals surface area contributed by atoms with Crippen LogP contribution < -0.4 is 5.17 Å². The van der Waals surface area contributed by atoms with E-state index in [4.69, 9.17) is 11.6 Å². The number of halogens is 1. The molecule has 0 bridgehead atoms. The van der Waals surface area contributed by atoms with Crippen molar-refractivity contribution in [3.63, 3.8) is 0 Å². The molecule has 9 heteroatoms. The van der Waals surface area contributed by atoms with Crippen molar-refractivity contribution in [3.8, 4) is 0 Å². The monoisotopic (exact) mass is 528 g/mol. The minimum Gasteiger partial charge on any atom is -0.738 e. The first-order valence-electron chi connectivity index (χ1n) is 12.8. The number of nitrogens with zero attached hydrogens (tertiary/aromatic N) is 5. The fourth-order valence-corrected chi connectivity index (χ4v) is 5.75. The zero-order valence-electron chi connectivity index (χ0n) is 20.8. The zero-order valence-corrected chi connectivity index (χ0v) is 21.6. The van der Waals surface area contributed by atoms with Crippen LogP contribution >= 0.6 is 11.6 Å². The van der Waals surface area contributed by atoms with E-state index in [1.807, 2.05) is 36.5 Å². The molecule has 1 aromatic heterocycles. The molecule has 3 aliphatic heterocycles. The highest BCUT2D eigenvalue weighted by Gasteiger charge is 2.36. The van der Waals surface area contributed by atoms with Crippen molar-refractivity contribution in [2.75, 3.05) is 31.4 Å². The van der Waals surface area contributed by atoms with Gasteiger partial charge in [0.25, 0.3) is 11.8 Å². The van der Waals surface area contributed by atoms with Gasteiger partial charge in [0.1, 0.15) is 0 Å². The molecule has 0 spiro atoms. The molecule has 1 saturated heterocycles. The van der Waals surface area contributed by atoms with E-state index in [1.54, 1.807) is 41.7 Å². The lowest BCUT2D eigenvalue weighted by Gasteiger charge is -2.47. The number of amides is 2. The number of pyridine rings is 1. The number of fused-ring (bicyclic) bond motifs is 2. The number of benzene rings is 2. The number of carbonyl (C=O) groups excluding carboxylic acids is 2. The van der Waals surface area contributed by atoms with Crippen molar-refractivity contribution < 1.29 is 9.59 Å². The maximum absolute atomic E-state index is 13.4. The van der Waals surface area contributed by atoms with E-state index in [0.717, 1.165) is 41.3 Å². The normalized spacial score (nSPS) is 19.2. The summed E-state index contributed by atoms with van der Waals surface area (Å²) in [5.41, 5.74) is 4.47. The third kappa shape index (κ3) is 4.55. The Labute approximate surface area is 226 Å². The van der Waals surface area contributed by atoms with Gasteiger partial charge in [-0.2, -0.15) is 0 Å². The van der Waals surface area contributed by atoms with Gasteiger partial charge in [0.2, 0.25) is 0 Å². The molecule has 2 amide bonds. The number of allylic oxidation sites excluding steroid dienone is 1. The van der Waals surface area contributed by atoms with Crippen LogP contribution in [0.25, 0.3) is 5.57 Å². The van der Waals surface area contributed by atoms with E-state index in [0.29, 0.717) is 47.9 Å². The van der Waals surface area contributed by atoms with Crippen LogP contribution in [0.2, 0.25) is 5.02 Å². The first kappa shape index (κ1) is 24.6. The molecule has 0 saturated carbocycles. The van der Waals surface area contributed by atoms with Crippen LogP contribution in [0.3, 0.4) is 0 Å². The van der Waals surface area contributed by atoms with Gasteiger partial charge in [0.15, 0.2) is 0 Å². The van der Waals surface area contributed by atoms with Gasteiger partial charge in [-0.15, -0.1) is 0 Å². The molecule has 1 atom stereocenters. The van der Waals surface area contributed by atoms with E-state index in [2.05, 4.69) is 9.88 Å². The summed E-state index contributed by atoms with van der Waals surface area (Å²) in [6.07, 6.45) is 7.85. The Morgan fingerprint density at radius 2 is 1.68 bits per heavy atom. The van der Waals surface area contributed by atoms with Crippen molar-refractivity contribution in [3.05, 3.63) is 106 Å². The Bertz CT molecular complexity index is 1370. The molecular formula is C29H27ClN5O3-. The Kier molecular flexibility index (Phi) is 6.61. The molecule has 4 heterocycles. The molecule has 38 heavy (non-hydrogen) atoms. The number of carbonyl (C=O) groups is 2. The lowest BCUT2D eigenvalue weighted by molar-refractivity contribution is 0.0630. The highest BCUT2D eigenvalue weighted by Crippen LogP contribution is 2.35. The lowest BCUT2D eigenvalue weighted by Crippen LogP contribution is -2.47. The van der Waals surface area contributed by atoms with Crippen LogP contribution in [0, 0.1) is 5.21 Å². The number of imide groups is 1. The summed E-state index contributed by atoms with van der Waals surface area (Å²) < 4.78 is 0. The van der Waals surface area contributed by atoms with E-state index < -0.39 is 0 Å². The van der Waals surface area contributed by atoms with E-state index in [1.165, 1.54) is 4.90 Å². The molecule has 0 aliphatic carbocycles. The third-order valence-electron chi connectivity index (χ3n) is 7.58. The fraction of sp³-hybridized carbons (Fsp3) is 0.276. The Morgan fingerprint density at radius 1 is 0.947 bits per heavy atom. The average molecular weight is 529 g/mol. The van der Waals surface area contributed by atoms with Gasteiger partial charge in [-0.25, -0.2) is 0 Å². The molecule has 2 aromatic carbocycles. The minimum atomic E-state index is -0.234. The number of hydrazine groups is 1. The Balaban J connectivity index is 1.17. The van der Waals surface area contributed by atoms with Crippen molar-refractivity contribution in [1.82, 2.24) is 19.8 Å². The number of anilines is 1. The van der Waals surface area contributed by atoms with Gasteiger partial charge < -0.3 is 15.4 Å². The maximum atomic E-state index is 13.4. The predicted octanol–water partition coefficient (Wildman–Crippen LogP) is 4.61. The van der Waals surface area contributed by atoms with Crippen molar-refractivity contribution >= 4 is 34.7 Å². The van der Waals surface area contributed by atoms with Crippen molar-refractivity contribution in [2.24, 2.45) is 0 Å². The van der Waals surface area contributed by atoms with Crippen LogP contribution in [0.1, 0.15) is 44.7 Å². The lowest BCUT2D eigenvalue weighted by atomic mass is 9.97. The molecule has 0 N–H and O–H groups in total. The van der Waals surface area contributed by atoms with E-state index >= 15 is 0 Å². The number of hydrogen-bond acceptors (Lipinski definition) is 7. The number of likely N-dealkylation sites (tertiary alicyclic amines) is 1. The molecular weight excluding hydrogens is 502 g/mol. The second-order valence-electron chi connectivity index (χ2n) is 9.88. The van der Waals surface area contributed by atoms with Crippen molar-refractivity contribution in [2.45, 2.75) is 25.3 Å². The van der Waals surface area contributed by atoms with E-state index in [9.17, 15) is 14.8 Å². The standard InChI is InChI=1S/C29H27ClN5O3/c30-22-9-7-20(8-10-22)16-21-18-33(35(38)27-17-31-12-11-24(21)27)19-23-4-3-13-32(23)14-15-34-28(36)25-5-1-2-6-26(25)29(34)37/h1-2,5-12,17-18,23H,3-4,13-16,19H2/q-1/t23-/m1/s1. The van der Waals surface area contributed by atoms with Crippen LogP contribution in [-0.4, -0.2) is 63.8 Å². The van der Waals surface area contributed by atoms with Gasteiger partial charge >= 0.3 is 0 Å². The summed E-state index contributed by atoms with van der Waals surface area (Å²) >= 11 is 6.07. The molecule has 3 aromatic rings. The first-order valence-corrected chi connectivity index (χ1v) is 13.2. The molecule has 0 unspecified atom stereocenters. The highest BCUT2D eigenvalue weighted by atomic mass is 35.5. The van der Waals surface area contributed by atoms with Crippen LogP contribution in [0.15, 0.2) is 73.2 Å². The Hall–Kier alpha value is -3.72. The summed E-state index contributed by atoms with van der Waals surface area (Å²) in [6.45, 7) is 2.26. The second-order valence-corrected chi connectivity index (χ2v) is 10.3. The van der Waals surface area contributed by atoms with Crippen LogP contribution in [0.5, 0.6) is 0 Å². The molecule has 194 valence electrons. The predicted molar refractivity (Wildman–Crippen MR) is 146 cm³/mol. The number of aromatic nitrogens is 1. The topological polar surface area (TPSA) is 83.1 Å². The molecule has 3 aliphatic rings.